The molecule has 3 rings (SSSR count). The van der Waals surface area contributed by atoms with Gasteiger partial charge in [-0.3, -0.25) is 4.79 Å². The van der Waals surface area contributed by atoms with Crippen LogP contribution in [0, 0.1) is 19.8 Å². The second-order valence-electron chi connectivity index (χ2n) is 6.76. The highest BCUT2D eigenvalue weighted by molar-refractivity contribution is 6.23. The van der Waals surface area contributed by atoms with Crippen LogP contribution in [0.2, 0.25) is 0 Å². The molecule has 1 fully saturated rings. The Bertz CT molecular complexity index is 623. The standard InChI is InChI=1S/C18H23NO2.C2H6/c1-11-6-8-18(9-7-11)16(20)15(17(21)19-18)14-10-12(2)4-5-13(14)3;1-2/h4-5,10-11,20H,6-9H2,1-3H3,(H,19,21);1-2H3. The molecule has 1 heterocycles. The third-order valence-corrected chi connectivity index (χ3v) is 5.06. The lowest BCUT2D eigenvalue weighted by atomic mass is 9.76. The lowest BCUT2D eigenvalue weighted by molar-refractivity contribution is -0.116. The van der Waals surface area contributed by atoms with Crippen LogP contribution in [-0.2, 0) is 4.79 Å². The first-order valence-electron chi connectivity index (χ1n) is 8.77. The van der Waals surface area contributed by atoms with E-state index in [2.05, 4.69) is 12.2 Å². The average molecular weight is 315 g/mol. The van der Waals surface area contributed by atoms with Gasteiger partial charge in [-0.25, -0.2) is 0 Å². The highest BCUT2D eigenvalue weighted by Crippen LogP contribution is 2.43. The number of amides is 1. The van der Waals surface area contributed by atoms with Crippen LogP contribution in [0.4, 0.5) is 0 Å². The van der Waals surface area contributed by atoms with E-state index in [4.69, 9.17) is 0 Å². The lowest BCUT2D eigenvalue weighted by Crippen LogP contribution is -2.47. The van der Waals surface area contributed by atoms with E-state index in [0.29, 0.717) is 11.5 Å². The Morgan fingerprint density at radius 1 is 1.17 bits per heavy atom. The Hall–Kier alpha value is -1.77. The van der Waals surface area contributed by atoms with E-state index < -0.39 is 5.54 Å². The Morgan fingerprint density at radius 3 is 2.39 bits per heavy atom. The number of rotatable bonds is 1. The van der Waals surface area contributed by atoms with Crippen LogP contribution in [0.3, 0.4) is 0 Å². The summed E-state index contributed by atoms with van der Waals surface area (Å²) in [6.07, 6.45) is 3.76. The quantitative estimate of drug-likeness (QED) is 0.790. The second-order valence-corrected chi connectivity index (χ2v) is 6.76. The fourth-order valence-corrected chi connectivity index (χ4v) is 3.56. The maximum Gasteiger partial charge on any atom is 0.256 e. The van der Waals surface area contributed by atoms with Crippen molar-refractivity contribution < 1.29 is 9.90 Å². The fraction of sp³-hybridized carbons (Fsp3) is 0.550. The van der Waals surface area contributed by atoms with Crippen molar-refractivity contribution in [3.05, 3.63) is 40.6 Å². The van der Waals surface area contributed by atoms with Crippen LogP contribution in [0.15, 0.2) is 24.0 Å². The number of hydrogen-bond acceptors (Lipinski definition) is 2. The van der Waals surface area contributed by atoms with Gasteiger partial charge in [0.2, 0.25) is 0 Å². The van der Waals surface area contributed by atoms with Crippen LogP contribution in [0.5, 0.6) is 0 Å². The monoisotopic (exact) mass is 315 g/mol. The largest absolute Gasteiger partial charge is 0.509 e. The molecule has 1 aromatic carbocycles. The molecule has 0 bridgehead atoms. The minimum Gasteiger partial charge on any atom is -0.509 e. The van der Waals surface area contributed by atoms with Crippen LogP contribution in [0.1, 0.15) is 63.1 Å². The molecule has 2 aliphatic rings. The zero-order chi connectivity index (χ0) is 17.2. The van der Waals surface area contributed by atoms with Crippen LogP contribution >= 0.6 is 0 Å². The van der Waals surface area contributed by atoms with Gasteiger partial charge in [0, 0.05) is 0 Å². The molecular weight excluding hydrogens is 286 g/mol. The summed E-state index contributed by atoms with van der Waals surface area (Å²) in [5, 5.41) is 13.9. The van der Waals surface area contributed by atoms with E-state index in [9.17, 15) is 9.90 Å². The summed E-state index contributed by atoms with van der Waals surface area (Å²) in [5.74, 6) is 0.800. The summed E-state index contributed by atoms with van der Waals surface area (Å²) in [4.78, 5) is 12.5. The van der Waals surface area contributed by atoms with Gasteiger partial charge in [-0.1, -0.05) is 44.5 Å². The van der Waals surface area contributed by atoms with Crippen molar-refractivity contribution >= 4 is 11.5 Å². The van der Waals surface area contributed by atoms with Crippen molar-refractivity contribution in [3.8, 4) is 0 Å². The molecule has 1 aliphatic heterocycles. The number of hydrogen-bond donors (Lipinski definition) is 2. The molecular formula is C20H29NO2. The highest BCUT2D eigenvalue weighted by atomic mass is 16.3. The Morgan fingerprint density at radius 2 is 1.78 bits per heavy atom. The molecule has 3 heteroatoms. The normalized spacial score (nSPS) is 26.8. The molecule has 1 aromatic rings. The predicted molar refractivity (Wildman–Crippen MR) is 95.3 cm³/mol. The van der Waals surface area contributed by atoms with E-state index in [1.807, 2.05) is 45.9 Å². The first kappa shape index (κ1) is 17.6. The summed E-state index contributed by atoms with van der Waals surface area (Å²) in [7, 11) is 0. The van der Waals surface area contributed by atoms with Crippen molar-refractivity contribution in [3.63, 3.8) is 0 Å². The van der Waals surface area contributed by atoms with Gasteiger partial charge in [0.15, 0.2) is 0 Å². The Balaban J connectivity index is 0.000000924. The molecule has 0 atom stereocenters. The Kier molecular flexibility index (Phi) is 5.18. The number of nitrogens with one attached hydrogen (secondary N) is 1. The number of carbonyl (C=O) groups is 1. The number of aliphatic hydroxyl groups is 1. The molecule has 1 aliphatic carbocycles. The van der Waals surface area contributed by atoms with Gasteiger partial charge in [0.25, 0.3) is 5.91 Å². The van der Waals surface area contributed by atoms with E-state index in [1.165, 1.54) is 0 Å². The SMILES string of the molecule is CC.Cc1ccc(C)c(C2=C(O)C3(CCC(C)CC3)NC2=O)c1. The van der Waals surface area contributed by atoms with Gasteiger partial charge in [0.05, 0.1) is 11.1 Å². The van der Waals surface area contributed by atoms with Gasteiger partial charge in [-0.05, 0) is 56.6 Å². The molecule has 126 valence electrons. The van der Waals surface area contributed by atoms with Gasteiger partial charge in [0.1, 0.15) is 5.76 Å². The van der Waals surface area contributed by atoms with Gasteiger partial charge in [-0.2, -0.15) is 0 Å². The summed E-state index contributed by atoms with van der Waals surface area (Å²) in [6, 6.07) is 6.03. The minimum atomic E-state index is -0.519. The van der Waals surface area contributed by atoms with Crippen molar-refractivity contribution in [1.29, 1.82) is 0 Å². The molecule has 0 saturated heterocycles. The highest BCUT2D eigenvalue weighted by Gasteiger charge is 2.47. The molecule has 1 spiro atoms. The van der Waals surface area contributed by atoms with Crippen LogP contribution in [-0.4, -0.2) is 16.6 Å². The first-order chi connectivity index (χ1) is 10.9. The zero-order valence-corrected chi connectivity index (χ0v) is 15.0. The third kappa shape index (κ3) is 3.15. The maximum absolute atomic E-state index is 12.5. The van der Waals surface area contributed by atoms with Crippen LogP contribution in [0.25, 0.3) is 5.57 Å². The average Bonchev–Trinajstić information content (AvgIpc) is 2.78. The number of aryl methyl sites for hydroxylation is 2. The maximum atomic E-state index is 12.5. The van der Waals surface area contributed by atoms with Crippen molar-refractivity contribution in [1.82, 2.24) is 5.32 Å². The molecule has 2 N–H and O–H groups in total. The fourth-order valence-electron chi connectivity index (χ4n) is 3.56. The predicted octanol–water partition coefficient (Wildman–Crippen LogP) is 4.68. The summed E-state index contributed by atoms with van der Waals surface area (Å²) < 4.78 is 0. The van der Waals surface area contributed by atoms with E-state index in [1.54, 1.807) is 0 Å². The first-order valence-corrected chi connectivity index (χ1v) is 8.77. The van der Waals surface area contributed by atoms with E-state index in [0.717, 1.165) is 42.4 Å². The molecule has 23 heavy (non-hydrogen) atoms. The van der Waals surface area contributed by atoms with Crippen LogP contribution < -0.4 is 5.32 Å². The molecule has 0 aromatic heterocycles. The Labute approximate surface area is 139 Å². The smallest absolute Gasteiger partial charge is 0.256 e. The van der Waals surface area contributed by atoms with Crippen molar-refractivity contribution in [2.45, 2.75) is 65.8 Å². The van der Waals surface area contributed by atoms with E-state index in [-0.39, 0.29) is 11.7 Å². The zero-order valence-electron chi connectivity index (χ0n) is 15.0. The molecule has 0 radical (unpaired) electrons. The number of aliphatic hydroxyl groups excluding tert-OH is 1. The minimum absolute atomic E-state index is 0.129. The second kappa shape index (κ2) is 6.77. The summed E-state index contributed by atoms with van der Waals surface area (Å²) in [6.45, 7) is 10.2. The molecule has 3 nitrogen and oxygen atoms in total. The molecule has 0 unspecified atom stereocenters. The summed E-state index contributed by atoms with van der Waals surface area (Å²) >= 11 is 0. The van der Waals surface area contributed by atoms with E-state index >= 15 is 0 Å². The number of benzene rings is 1. The van der Waals surface area contributed by atoms with Crippen molar-refractivity contribution in [2.75, 3.05) is 0 Å². The lowest BCUT2D eigenvalue weighted by Gasteiger charge is -2.36. The van der Waals surface area contributed by atoms with Gasteiger partial charge in [-0.15, -0.1) is 0 Å². The molecule has 1 amide bonds. The number of carbonyl (C=O) groups excluding carboxylic acids is 1. The molecule has 1 saturated carbocycles. The van der Waals surface area contributed by atoms with Crippen molar-refractivity contribution in [2.24, 2.45) is 5.92 Å². The third-order valence-electron chi connectivity index (χ3n) is 5.06. The topological polar surface area (TPSA) is 49.3 Å². The summed E-state index contributed by atoms with van der Waals surface area (Å²) in [5.41, 5.74) is 2.95. The van der Waals surface area contributed by atoms with Gasteiger partial charge < -0.3 is 10.4 Å². The van der Waals surface area contributed by atoms with Gasteiger partial charge >= 0.3 is 0 Å².